The smallest absolute Gasteiger partial charge is 0.226 e. The van der Waals surface area contributed by atoms with Crippen molar-refractivity contribution in [3.63, 3.8) is 0 Å². The molecule has 24 heavy (non-hydrogen) atoms. The van der Waals surface area contributed by atoms with Gasteiger partial charge in [-0.05, 0) is 26.0 Å². The van der Waals surface area contributed by atoms with E-state index < -0.39 is 0 Å². The molecular weight excluding hydrogens is 351 g/mol. The Hall–Kier alpha value is -2.32. The highest BCUT2D eigenvalue weighted by molar-refractivity contribution is 7.15. The quantitative estimate of drug-likeness (QED) is 0.656. The first kappa shape index (κ1) is 16.5. The summed E-state index contributed by atoms with van der Waals surface area (Å²) < 4.78 is 13.0. The van der Waals surface area contributed by atoms with Crippen molar-refractivity contribution < 1.29 is 4.39 Å². The van der Waals surface area contributed by atoms with Crippen molar-refractivity contribution in [1.82, 2.24) is 19.9 Å². The second-order valence-corrected chi connectivity index (χ2v) is 6.69. The topological polar surface area (TPSA) is 75.6 Å². The third-order valence-electron chi connectivity index (χ3n) is 3.09. The third kappa shape index (κ3) is 4.15. The van der Waals surface area contributed by atoms with E-state index in [2.05, 4.69) is 30.6 Å². The Kier molecular flexibility index (Phi) is 4.86. The minimum Gasteiger partial charge on any atom is -0.346 e. The highest BCUT2D eigenvalue weighted by Gasteiger charge is 2.11. The van der Waals surface area contributed by atoms with Crippen molar-refractivity contribution in [2.45, 2.75) is 19.9 Å². The highest BCUT2D eigenvalue weighted by Crippen LogP contribution is 2.24. The first-order chi connectivity index (χ1) is 11.5. The van der Waals surface area contributed by atoms with Gasteiger partial charge in [0.2, 0.25) is 5.95 Å². The Labute approximate surface area is 147 Å². The molecule has 0 spiro atoms. The molecule has 0 bridgehead atoms. The molecule has 3 rings (SSSR count). The average Bonchev–Trinajstić information content (AvgIpc) is 2.92. The number of rotatable bonds is 5. The molecule has 0 aliphatic rings. The maximum absolute atomic E-state index is 13.0. The molecular formula is C15H14ClFN6S. The van der Waals surface area contributed by atoms with Crippen molar-refractivity contribution in [1.29, 1.82) is 0 Å². The number of anilines is 3. The van der Waals surface area contributed by atoms with Gasteiger partial charge < -0.3 is 10.6 Å². The molecule has 0 aromatic carbocycles. The van der Waals surface area contributed by atoms with Gasteiger partial charge in [-0.25, -0.2) is 14.4 Å². The van der Waals surface area contributed by atoms with Gasteiger partial charge in [0.15, 0.2) is 5.13 Å². The second-order valence-electron chi connectivity index (χ2n) is 5.07. The standard InChI is InChI=1S/C15H14ClFN6S/c1-8-6-19-15(24-8)23-13-5-12(16)21-14(22-13)20-9(2)11-4-3-10(17)7-18-11/h3-7,9H,1-2H3,(H2,19,20,21,22,23)/t9-/m0/s1. The summed E-state index contributed by atoms with van der Waals surface area (Å²) in [5.74, 6) is 0.498. The van der Waals surface area contributed by atoms with Gasteiger partial charge in [-0.1, -0.05) is 11.6 Å². The van der Waals surface area contributed by atoms with Gasteiger partial charge in [0.1, 0.15) is 16.8 Å². The van der Waals surface area contributed by atoms with Crippen molar-refractivity contribution in [3.05, 3.63) is 52.1 Å². The number of aromatic nitrogens is 4. The molecule has 0 aliphatic heterocycles. The predicted molar refractivity (Wildman–Crippen MR) is 93.4 cm³/mol. The fraction of sp³-hybridized carbons (Fsp3) is 0.200. The van der Waals surface area contributed by atoms with E-state index in [1.54, 1.807) is 18.3 Å². The number of aryl methyl sites for hydroxylation is 1. The molecule has 9 heteroatoms. The Morgan fingerprint density at radius 2 is 2.04 bits per heavy atom. The van der Waals surface area contributed by atoms with E-state index in [9.17, 15) is 4.39 Å². The van der Waals surface area contributed by atoms with E-state index in [-0.39, 0.29) is 11.9 Å². The van der Waals surface area contributed by atoms with Crippen LogP contribution in [-0.2, 0) is 0 Å². The van der Waals surface area contributed by atoms with Crippen molar-refractivity contribution in [3.8, 4) is 0 Å². The molecule has 3 heterocycles. The monoisotopic (exact) mass is 364 g/mol. The molecule has 0 saturated heterocycles. The van der Waals surface area contributed by atoms with Crippen LogP contribution in [0.5, 0.6) is 0 Å². The van der Waals surface area contributed by atoms with Gasteiger partial charge in [-0.3, -0.25) is 4.98 Å². The lowest BCUT2D eigenvalue weighted by atomic mass is 10.2. The zero-order valence-corrected chi connectivity index (χ0v) is 14.5. The van der Waals surface area contributed by atoms with Crippen LogP contribution >= 0.6 is 22.9 Å². The molecule has 0 amide bonds. The first-order valence-corrected chi connectivity index (χ1v) is 8.31. The van der Waals surface area contributed by atoms with E-state index in [0.717, 1.165) is 10.0 Å². The fourth-order valence-electron chi connectivity index (χ4n) is 1.98. The van der Waals surface area contributed by atoms with Gasteiger partial charge >= 0.3 is 0 Å². The summed E-state index contributed by atoms with van der Waals surface area (Å²) in [6.07, 6.45) is 2.95. The van der Waals surface area contributed by atoms with Crippen LogP contribution in [0, 0.1) is 12.7 Å². The Morgan fingerprint density at radius 1 is 1.21 bits per heavy atom. The largest absolute Gasteiger partial charge is 0.346 e. The Balaban J connectivity index is 1.76. The van der Waals surface area contributed by atoms with Crippen molar-refractivity contribution >= 4 is 39.8 Å². The van der Waals surface area contributed by atoms with Gasteiger partial charge in [0.05, 0.1) is 17.9 Å². The zero-order valence-electron chi connectivity index (χ0n) is 12.9. The SMILES string of the molecule is Cc1cnc(Nc2cc(Cl)nc(N[C@@H](C)c3ccc(F)cn3)n2)s1. The van der Waals surface area contributed by atoms with Crippen LogP contribution in [0.2, 0.25) is 5.15 Å². The molecule has 0 radical (unpaired) electrons. The molecule has 0 saturated carbocycles. The maximum Gasteiger partial charge on any atom is 0.226 e. The lowest BCUT2D eigenvalue weighted by molar-refractivity contribution is 0.617. The number of pyridine rings is 1. The van der Waals surface area contributed by atoms with Gasteiger partial charge in [-0.2, -0.15) is 4.98 Å². The van der Waals surface area contributed by atoms with Crippen LogP contribution in [-0.4, -0.2) is 19.9 Å². The van der Waals surface area contributed by atoms with Crippen LogP contribution in [0.25, 0.3) is 0 Å². The number of hydrogen-bond acceptors (Lipinski definition) is 7. The Morgan fingerprint density at radius 3 is 2.71 bits per heavy atom. The highest BCUT2D eigenvalue weighted by atomic mass is 35.5. The maximum atomic E-state index is 13.0. The van der Waals surface area contributed by atoms with Gasteiger partial charge in [0.25, 0.3) is 0 Å². The molecule has 2 N–H and O–H groups in total. The molecule has 3 aromatic heterocycles. The average molecular weight is 365 g/mol. The summed E-state index contributed by atoms with van der Waals surface area (Å²) in [6, 6.07) is 4.37. The lowest BCUT2D eigenvalue weighted by Crippen LogP contribution is -2.11. The van der Waals surface area contributed by atoms with E-state index in [4.69, 9.17) is 11.6 Å². The van der Waals surface area contributed by atoms with Crippen LogP contribution in [0.15, 0.2) is 30.6 Å². The molecule has 124 valence electrons. The molecule has 0 fully saturated rings. The van der Waals surface area contributed by atoms with Crippen LogP contribution in [0.1, 0.15) is 23.5 Å². The summed E-state index contributed by atoms with van der Waals surface area (Å²) in [4.78, 5) is 17.9. The summed E-state index contributed by atoms with van der Waals surface area (Å²) >= 11 is 7.57. The van der Waals surface area contributed by atoms with E-state index in [1.807, 2.05) is 13.8 Å². The number of nitrogens with one attached hydrogen (secondary N) is 2. The third-order valence-corrected chi connectivity index (χ3v) is 4.11. The molecule has 0 aliphatic carbocycles. The van der Waals surface area contributed by atoms with E-state index in [0.29, 0.717) is 22.6 Å². The summed E-state index contributed by atoms with van der Waals surface area (Å²) in [5, 5.41) is 7.21. The minimum absolute atomic E-state index is 0.209. The van der Waals surface area contributed by atoms with E-state index >= 15 is 0 Å². The first-order valence-electron chi connectivity index (χ1n) is 7.11. The molecule has 3 aromatic rings. The second kappa shape index (κ2) is 7.06. The minimum atomic E-state index is -0.379. The van der Waals surface area contributed by atoms with Gasteiger partial charge in [-0.15, -0.1) is 11.3 Å². The van der Waals surface area contributed by atoms with Crippen molar-refractivity contribution in [2.75, 3.05) is 10.6 Å². The van der Waals surface area contributed by atoms with E-state index in [1.165, 1.54) is 23.6 Å². The molecule has 6 nitrogen and oxygen atoms in total. The van der Waals surface area contributed by atoms with Crippen molar-refractivity contribution in [2.24, 2.45) is 0 Å². The number of nitrogens with zero attached hydrogens (tertiary/aromatic N) is 4. The van der Waals surface area contributed by atoms with Crippen LogP contribution in [0.4, 0.5) is 21.3 Å². The fourth-order valence-corrected chi connectivity index (χ4v) is 2.83. The molecule has 0 unspecified atom stereocenters. The summed E-state index contributed by atoms with van der Waals surface area (Å²) in [5.41, 5.74) is 0.671. The number of hydrogen-bond donors (Lipinski definition) is 2. The normalized spacial score (nSPS) is 12.0. The van der Waals surface area contributed by atoms with Crippen LogP contribution in [0.3, 0.4) is 0 Å². The summed E-state index contributed by atoms with van der Waals surface area (Å²) in [7, 11) is 0. The Bertz CT molecular complexity index is 838. The lowest BCUT2D eigenvalue weighted by Gasteiger charge is -2.14. The van der Waals surface area contributed by atoms with Crippen LogP contribution < -0.4 is 10.6 Å². The number of thiazole rings is 1. The zero-order chi connectivity index (χ0) is 17.1. The summed E-state index contributed by atoms with van der Waals surface area (Å²) in [6.45, 7) is 3.85. The predicted octanol–water partition coefficient (Wildman–Crippen LogP) is 4.35. The molecule has 1 atom stereocenters. The van der Waals surface area contributed by atoms with Gasteiger partial charge in [0, 0.05) is 17.1 Å². The number of halogens is 2.